The van der Waals surface area contributed by atoms with Gasteiger partial charge in [-0.25, -0.2) is 4.79 Å². The molecule has 7 nitrogen and oxygen atoms in total. The maximum atomic E-state index is 11.8. The van der Waals surface area contributed by atoms with Crippen molar-refractivity contribution in [2.24, 2.45) is 0 Å². The number of amides is 2. The SMILES string of the molecule is CC(C)(C)N(S)C(=O)Nc1ccc(O)c([N+](=O)[O-])c1. The molecule has 0 saturated heterocycles. The molecule has 1 aromatic carbocycles. The van der Waals surface area contributed by atoms with Gasteiger partial charge in [0.05, 0.1) is 4.92 Å². The summed E-state index contributed by atoms with van der Waals surface area (Å²) in [6.45, 7) is 5.37. The molecule has 1 aromatic rings. The topological polar surface area (TPSA) is 95.7 Å². The van der Waals surface area contributed by atoms with E-state index in [0.29, 0.717) is 0 Å². The lowest BCUT2D eigenvalue weighted by Crippen LogP contribution is -2.41. The third kappa shape index (κ3) is 3.75. The molecule has 0 heterocycles. The van der Waals surface area contributed by atoms with Crippen LogP contribution in [0.1, 0.15) is 20.8 Å². The van der Waals surface area contributed by atoms with Crippen molar-refractivity contribution in [2.45, 2.75) is 26.3 Å². The number of nitrogens with one attached hydrogen (secondary N) is 1. The van der Waals surface area contributed by atoms with Crippen molar-refractivity contribution in [3.05, 3.63) is 28.3 Å². The van der Waals surface area contributed by atoms with E-state index in [1.54, 1.807) is 20.8 Å². The molecule has 104 valence electrons. The van der Waals surface area contributed by atoms with E-state index in [4.69, 9.17) is 0 Å². The predicted molar refractivity (Wildman–Crippen MR) is 74.4 cm³/mol. The molecular weight excluding hydrogens is 270 g/mol. The Morgan fingerprint density at radius 2 is 2.05 bits per heavy atom. The lowest BCUT2D eigenvalue weighted by Gasteiger charge is -2.30. The van der Waals surface area contributed by atoms with E-state index in [0.717, 1.165) is 12.1 Å². The number of phenols is 1. The minimum absolute atomic E-state index is 0.206. The smallest absolute Gasteiger partial charge is 0.332 e. The molecule has 0 unspecified atom stereocenters. The lowest BCUT2D eigenvalue weighted by atomic mass is 10.1. The number of hydrogen-bond donors (Lipinski definition) is 3. The number of carbonyl (C=O) groups is 1. The average molecular weight is 285 g/mol. The van der Waals surface area contributed by atoms with Gasteiger partial charge in [-0.1, -0.05) is 12.8 Å². The average Bonchev–Trinajstić information content (AvgIpc) is 2.29. The Labute approximate surface area is 115 Å². The van der Waals surface area contributed by atoms with Crippen LogP contribution in [0.3, 0.4) is 0 Å². The number of hydrogen-bond acceptors (Lipinski definition) is 5. The summed E-state index contributed by atoms with van der Waals surface area (Å²) in [5, 5.41) is 22.4. The third-order valence-electron chi connectivity index (χ3n) is 2.25. The zero-order valence-corrected chi connectivity index (χ0v) is 11.6. The van der Waals surface area contributed by atoms with Crippen LogP contribution >= 0.6 is 12.8 Å². The number of anilines is 1. The van der Waals surface area contributed by atoms with Crippen LogP contribution in [0.25, 0.3) is 0 Å². The van der Waals surface area contributed by atoms with Crippen molar-refractivity contribution in [3.63, 3.8) is 0 Å². The summed E-state index contributed by atoms with van der Waals surface area (Å²) in [5.41, 5.74) is -0.771. The molecule has 0 aliphatic carbocycles. The second-order valence-corrected chi connectivity index (χ2v) is 5.27. The number of carbonyl (C=O) groups excluding carboxylic acids is 1. The number of nitro benzene ring substituents is 1. The first-order chi connectivity index (χ1) is 8.62. The van der Waals surface area contributed by atoms with Crippen molar-refractivity contribution < 1.29 is 14.8 Å². The molecule has 2 N–H and O–H groups in total. The highest BCUT2D eigenvalue weighted by Gasteiger charge is 2.24. The molecule has 0 spiro atoms. The van der Waals surface area contributed by atoms with E-state index in [-0.39, 0.29) is 5.69 Å². The fourth-order valence-corrected chi connectivity index (χ4v) is 1.28. The van der Waals surface area contributed by atoms with E-state index in [2.05, 4.69) is 18.1 Å². The van der Waals surface area contributed by atoms with Gasteiger partial charge < -0.3 is 10.4 Å². The minimum Gasteiger partial charge on any atom is -0.502 e. The molecule has 0 aliphatic rings. The molecule has 8 heteroatoms. The fourth-order valence-electron chi connectivity index (χ4n) is 1.23. The Morgan fingerprint density at radius 1 is 1.47 bits per heavy atom. The van der Waals surface area contributed by atoms with E-state index in [1.165, 1.54) is 10.4 Å². The number of benzene rings is 1. The third-order valence-corrected chi connectivity index (χ3v) is 3.03. The Hall–Kier alpha value is -1.96. The van der Waals surface area contributed by atoms with Crippen LogP contribution in [-0.2, 0) is 0 Å². The summed E-state index contributed by atoms with van der Waals surface area (Å²) in [7, 11) is 0. The molecule has 0 saturated carbocycles. The molecule has 1 rings (SSSR count). The summed E-state index contributed by atoms with van der Waals surface area (Å²) in [6.07, 6.45) is 0. The quantitative estimate of drug-likeness (QED) is 0.337. The molecule has 0 radical (unpaired) electrons. The van der Waals surface area contributed by atoms with Gasteiger partial charge in [0, 0.05) is 17.3 Å². The molecule has 19 heavy (non-hydrogen) atoms. The number of nitrogens with zero attached hydrogens (tertiary/aromatic N) is 2. The van der Waals surface area contributed by atoms with Crippen molar-refractivity contribution in [3.8, 4) is 5.75 Å². The maximum absolute atomic E-state index is 11.8. The summed E-state index contributed by atoms with van der Waals surface area (Å²) in [5.74, 6) is -0.457. The highest BCUT2D eigenvalue weighted by atomic mass is 32.1. The number of thiol groups is 1. The first kappa shape index (κ1) is 15.1. The van der Waals surface area contributed by atoms with Gasteiger partial charge in [-0.05, 0) is 32.9 Å². The van der Waals surface area contributed by atoms with Crippen LogP contribution in [0.15, 0.2) is 18.2 Å². The van der Waals surface area contributed by atoms with E-state index >= 15 is 0 Å². The summed E-state index contributed by atoms with van der Waals surface area (Å²) >= 11 is 4.06. The van der Waals surface area contributed by atoms with Gasteiger partial charge in [-0.3, -0.25) is 14.4 Å². The number of aromatic hydroxyl groups is 1. The highest BCUT2D eigenvalue weighted by Crippen LogP contribution is 2.29. The van der Waals surface area contributed by atoms with E-state index in [9.17, 15) is 20.0 Å². The summed E-state index contributed by atoms with van der Waals surface area (Å²) < 4.78 is 1.17. The molecule has 2 amide bonds. The predicted octanol–water partition coefficient (Wildman–Crippen LogP) is 2.78. The number of phenolic OH excluding ortho intramolecular Hbond substituents is 1. The Balaban J connectivity index is 2.92. The van der Waals surface area contributed by atoms with Crippen LogP contribution in [0.2, 0.25) is 0 Å². The maximum Gasteiger partial charge on any atom is 0.332 e. The highest BCUT2D eigenvalue weighted by molar-refractivity contribution is 7.78. The summed E-state index contributed by atoms with van der Waals surface area (Å²) in [4.78, 5) is 21.8. The van der Waals surface area contributed by atoms with Crippen molar-refractivity contribution >= 4 is 30.2 Å². The largest absolute Gasteiger partial charge is 0.502 e. The van der Waals surface area contributed by atoms with Gasteiger partial charge in [-0.2, -0.15) is 0 Å². The van der Waals surface area contributed by atoms with Crippen molar-refractivity contribution in [2.75, 3.05) is 5.32 Å². The zero-order valence-electron chi connectivity index (χ0n) is 10.7. The molecular formula is C11H15N3O4S. The Morgan fingerprint density at radius 3 is 2.53 bits per heavy atom. The lowest BCUT2D eigenvalue weighted by molar-refractivity contribution is -0.385. The van der Waals surface area contributed by atoms with Crippen molar-refractivity contribution in [1.82, 2.24) is 4.31 Å². The molecule has 0 aromatic heterocycles. The zero-order chi connectivity index (χ0) is 14.8. The number of urea groups is 1. The van der Waals surface area contributed by atoms with Gasteiger partial charge in [0.15, 0.2) is 5.75 Å². The van der Waals surface area contributed by atoms with Gasteiger partial charge >= 0.3 is 11.7 Å². The minimum atomic E-state index is -0.729. The summed E-state index contributed by atoms with van der Waals surface area (Å²) in [6, 6.07) is 3.08. The van der Waals surface area contributed by atoms with Crippen LogP contribution in [0.4, 0.5) is 16.2 Å². The monoisotopic (exact) mass is 285 g/mol. The second-order valence-electron chi connectivity index (χ2n) is 4.87. The standard InChI is InChI=1S/C11H15N3O4S/c1-11(2,3)13(19)10(16)12-7-4-5-9(15)8(6-7)14(17)18/h4-6,15,19H,1-3H3,(H,12,16). The van der Waals surface area contributed by atoms with E-state index in [1.807, 2.05) is 0 Å². The van der Waals surface area contributed by atoms with Crippen molar-refractivity contribution in [1.29, 1.82) is 0 Å². The first-order valence-corrected chi connectivity index (χ1v) is 5.80. The first-order valence-electron chi connectivity index (χ1n) is 5.40. The fraction of sp³-hybridized carbons (Fsp3) is 0.364. The van der Waals surface area contributed by atoms with Crippen LogP contribution in [-0.4, -0.2) is 25.9 Å². The van der Waals surface area contributed by atoms with E-state index < -0.39 is 27.9 Å². The number of rotatable bonds is 2. The van der Waals surface area contributed by atoms with Crippen LogP contribution in [0.5, 0.6) is 5.75 Å². The van der Waals surface area contributed by atoms with Gasteiger partial charge in [0.25, 0.3) is 0 Å². The normalized spacial score (nSPS) is 10.9. The molecule has 0 aliphatic heterocycles. The van der Waals surface area contributed by atoms with Gasteiger partial charge in [0.2, 0.25) is 0 Å². The van der Waals surface area contributed by atoms with Crippen LogP contribution < -0.4 is 5.32 Å². The molecule has 0 bridgehead atoms. The van der Waals surface area contributed by atoms with Gasteiger partial charge in [0.1, 0.15) is 0 Å². The van der Waals surface area contributed by atoms with Gasteiger partial charge in [-0.15, -0.1) is 0 Å². The Bertz CT molecular complexity index is 513. The molecule has 0 fully saturated rings. The molecule has 0 atom stereocenters. The Kier molecular flexibility index (Phi) is 4.25. The van der Waals surface area contributed by atoms with Crippen LogP contribution in [0, 0.1) is 10.1 Å². The second kappa shape index (κ2) is 5.35. The number of nitro groups is 1.